The Balaban J connectivity index is 5.28. The molecule has 0 aromatic carbocycles. The molecule has 114 valence electrons. The standard InChI is InChI=1S/C12H18O8/c1-6(13)18-8(10(15)16)9(19-7(2)14)11(17)20-12(3,4)5/h8-9H,1-5H3,(H,15,16). The summed E-state index contributed by atoms with van der Waals surface area (Å²) in [6.45, 7) is 6.62. The second-order valence-corrected chi connectivity index (χ2v) is 4.93. The number of aliphatic carboxylic acids is 1. The fourth-order valence-corrected chi connectivity index (χ4v) is 1.19. The molecule has 0 radical (unpaired) electrons. The van der Waals surface area contributed by atoms with Gasteiger partial charge >= 0.3 is 23.9 Å². The lowest BCUT2D eigenvalue weighted by molar-refractivity contribution is -0.193. The van der Waals surface area contributed by atoms with Crippen LogP contribution in [-0.4, -0.2) is 46.8 Å². The van der Waals surface area contributed by atoms with Gasteiger partial charge < -0.3 is 19.3 Å². The highest BCUT2D eigenvalue weighted by atomic mass is 16.6. The second-order valence-electron chi connectivity index (χ2n) is 4.93. The number of rotatable bonds is 5. The summed E-state index contributed by atoms with van der Waals surface area (Å²) in [5.74, 6) is -4.57. The maximum Gasteiger partial charge on any atom is 0.352 e. The summed E-state index contributed by atoms with van der Waals surface area (Å²) in [6.07, 6.45) is -3.83. The minimum Gasteiger partial charge on any atom is -0.478 e. The molecule has 0 heterocycles. The maximum absolute atomic E-state index is 11.9. The van der Waals surface area contributed by atoms with Crippen molar-refractivity contribution in [3.8, 4) is 0 Å². The molecule has 0 aliphatic carbocycles. The molecule has 1 N–H and O–H groups in total. The summed E-state index contributed by atoms with van der Waals surface area (Å²) in [5, 5.41) is 8.98. The van der Waals surface area contributed by atoms with Crippen LogP contribution in [-0.2, 0) is 33.4 Å². The number of ether oxygens (including phenoxy) is 3. The number of esters is 3. The van der Waals surface area contributed by atoms with Crippen molar-refractivity contribution in [2.75, 3.05) is 0 Å². The smallest absolute Gasteiger partial charge is 0.352 e. The third-order valence-corrected chi connectivity index (χ3v) is 1.74. The first kappa shape index (κ1) is 17.9. The summed E-state index contributed by atoms with van der Waals surface area (Å²) < 4.78 is 14.0. The van der Waals surface area contributed by atoms with Gasteiger partial charge in [0.15, 0.2) is 0 Å². The van der Waals surface area contributed by atoms with Crippen LogP contribution in [0.3, 0.4) is 0 Å². The van der Waals surface area contributed by atoms with Crippen LogP contribution in [0.1, 0.15) is 34.6 Å². The Labute approximate surface area is 116 Å². The lowest BCUT2D eigenvalue weighted by atomic mass is 10.1. The molecule has 0 fully saturated rings. The fourth-order valence-electron chi connectivity index (χ4n) is 1.19. The maximum atomic E-state index is 11.9. The predicted molar refractivity (Wildman–Crippen MR) is 64.6 cm³/mol. The minimum absolute atomic E-state index is 0.903. The van der Waals surface area contributed by atoms with Crippen LogP contribution in [0.5, 0.6) is 0 Å². The summed E-state index contributed by atoms with van der Waals surface area (Å²) in [7, 11) is 0. The number of carbonyl (C=O) groups is 4. The van der Waals surface area contributed by atoms with Crippen molar-refractivity contribution in [2.24, 2.45) is 0 Å². The summed E-state index contributed by atoms with van der Waals surface area (Å²) in [4.78, 5) is 44.8. The number of carboxylic acid groups (broad SMARTS) is 1. The van der Waals surface area contributed by atoms with Crippen molar-refractivity contribution in [1.29, 1.82) is 0 Å². The van der Waals surface area contributed by atoms with Gasteiger partial charge in [0.1, 0.15) is 5.60 Å². The van der Waals surface area contributed by atoms with E-state index in [0.717, 1.165) is 13.8 Å². The van der Waals surface area contributed by atoms with Crippen molar-refractivity contribution in [3.05, 3.63) is 0 Å². The molecule has 0 saturated carbocycles. The molecule has 8 nitrogen and oxygen atoms in total. The lowest BCUT2D eigenvalue weighted by Crippen LogP contribution is -2.47. The monoisotopic (exact) mass is 290 g/mol. The molecule has 0 aliphatic rings. The average Bonchev–Trinajstić information content (AvgIpc) is 2.19. The Morgan fingerprint density at radius 1 is 0.900 bits per heavy atom. The molecule has 0 aliphatic heterocycles. The van der Waals surface area contributed by atoms with E-state index in [9.17, 15) is 19.2 Å². The van der Waals surface area contributed by atoms with Gasteiger partial charge in [-0.3, -0.25) is 9.59 Å². The topological polar surface area (TPSA) is 116 Å². The van der Waals surface area contributed by atoms with Gasteiger partial charge in [-0.25, -0.2) is 9.59 Å². The molecule has 0 spiro atoms. The van der Waals surface area contributed by atoms with E-state index >= 15 is 0 Å². The molecule has 8 heteroatoms. The largest absolute Gasteiger partial charge is 0.478 e. The Bertz CT molecular complexity index is 406. The van der Waals surface area contributed by atoms with E-state index in [2.05, 4.69) is 9.47 Å². The SMILES string of the molecule is CC(=O)OC(C(=O)O)C(OC(C)=O)C(=O)OC(C)(C)C. The van der Waals surface area contributed by atoms with E-state index in [4.69, 9.17) is 9.84 Å². The molecule has 0 amide bonds. The zero-order valence-electron chi connectivity index (χ0n) is 12.0. The summed E-state index contributed by atoms with van der Waals surface area (Å²) in [5.41, 5.74) is -0.922. The van der Waals surface area contributed by atoms with Crippen LogP contribution in [0.15, 0.2) is 0 Å². The highest BCUT2D eigenvalue weighted by Gasteiger charge is 2.41. The van der Waals surface area contributed by atoms with Crippen LogP contribution < -0.4 is 0 Å². The number of carbonyl (C=O) groups excluding carboxylic acids is 3. The Morgan fingerprint density at radius 2 is 1.30 bits per heavy atom. The molecule has 0 saturated heterocycles. The molecule has 2 atom stereocenters. The molecule has 0 aromatic rings. The van der Waals surface area contributed by atoms with E-state index < -0.39 is 41.7 Å². The Kier molecular flexibility index (Phi) is 6.15. The van der Waals surface area contributed by atoms with Crippen molar-refractivity contribution >= 4 is 23.9 Å². The molecule has 0 rings (SSSR count). The quantitative estimate of drug-likeness (QED) is 0.566. The third kappa shape index (κ3) is 6.72. The van der Waals surface area contributed by atoms with E-state index in [1.165, 1.54) is 0 Å². The predicted octanol–water partition coefficient (Wildman–Crippen LogP) is 0.276. The van der Waals surface area contributed by atoms with E-state index in [0.29, 0.717) is 0 Å². The highest BCUT2D eigenvalue weighted by Crippen LogP contribution is 2.14. The molecule has 0 aromatic heterocycles. The Morgan fingerprint density at radius 3 is 1.60 bits per heavy atom. The second kappa shape index (κ2) is 6.88. The highest BCUT2D eigenvalue weighted by molar-refractivity contribution is 5.88. The minimum atomic E-state index is -1.97. The van der Waals surface area contributed by atoms with Gasteiger partial charge in [-0.1, -0.05) is 0 Å². The lowest BCUT2D eigenvalue weighted by Gasteiger charge is -2.26. The van der Waals surface area contributed by atoms with Crippen molar-refractivity contribution in [1.82, 2.24) is 0 Å². The average molecular weight is 290 g/mol. The van der Waals surface area contributed by atoms with Crippen molar-refractivity contribution in [2.45, 2.75) is 52.4 Å². The molecule has 2 unspecified atom stereocenters. The first-order valence-electron chi connectivity index (χ1n) is 5.74. The van der Waals surface area contributed by atoms with Gasteiger partial charge in [-0.05, 0) is 20.8 Å². The summed E-state index contributed by atoms with van der Waals surface area (Å²) in [6, 6.07) is 0. The summed E-state index contributed by atoms with van der Waals surface area (Å²) >= 11 is 0. The van der Waals surface area contributed by atoms with E-state index in [1.54, 1.807) is 20.8 Å². The van der Waals surface area contributed by atoms with Crippen LogP contribution in [0.4, 0.5) is 0 Å². The third-order valence-electron chi connectivity index (χ3n) is 1.74. The van der Waals surface area contributed by atoms with Gasteiger partial charge in [0.2, 0.25) is 12.2 Å². The number of hydrogen-bond acceptors (Lipinski definition) is 7. The Hall–Kier alpha value is -2.12. The zero-order chi connectivity index (χ0) is 16.1. The molecular formula is C12H18O8. The molecule has 0 bridgehead atoms. The molecular weight excluding hydrogens is 272 g/mol. The van der Waals surface area contributed by atoms with Gasteiger partial charge in [-0.2, -0.15) is 0 Å². The number of carboxylic acids is 1. The molecule has 20 heavy (non-hydrogen) atoms. The van der Waals surface area contributed by atoms with Crippen molar-refractivity contribution in [3.63, 3.8) is 0 Å². The first-order chi connectivity index (χ1) is 8.94. The normalized spacial score (nSPS) is 13.8. The van der Waals surface area contributed by atoms with E-state index in [1.807, 2.05) is 0 Å². The van der Waals surface area contributed by atoms with Crippen LogP contribution >= 0.6 is 0 Å². The van der Waals surface area contributed by atoms with Gasteiger partial charge in [0.05, 0.1) is 0 Å². The van der Waals surface area contributed by atoms with Gasteiger partial charge in [-0.15, -0.1) is 0 Å². The van der Waals surface area contributed by atoms with Gasteiger partial charge in [0.25, 0.3) is 0 Å². The van der Waals surface area contributed by atoms with Crippen LogP contribution in [0, 0.1) is 0 Å². The fraction of sp³-hybridized carbons (Fsp3) is 0.667. The van der Waals surface area contributed by atoms with Crippen molar-refractivity contribution < 1.29 is 38.5 Å². The first-order valence-corrected chi connectivity index (χ1v) is 5.74. The van der Waals surface area contributed by atoms with E-state index in [-0.39, 0.29) is 0 Å². The van der Waals surface area contributed by atoms with Crippen LogP contribution in [0.25, 0.3) is 0 Å². The van der Waals surface area contributed by atoms with Crippen LogP contribution in [0.2, 0.25) is 0 Å². The van der Waals surface area contributed by atoms with Gasteiger partial charge in [0, 0.05) is 13.8 Å². The zero-order valence-corrected chi connectivity index (χ0v) is 12.0. The number of hydrogen-bond donors (Lipinski definition) is 1.